The van der Waals surface area contributed by atoms with E-state index < -0.39 is 5.91 Å². The molecule has 110 valence electrons. The van der Waals surface area contributed by atoms with E-state index >= 15 is 0 Å². The molecule has 21 heavy (non-hydrogen) atoms. The maximum atomic E-state index is 11.6. The third kappa shape index (κ3) is 3.43. The van der Waals surface area contributed by atoms with Crippen molar-refractivity contribution < 1.29 is 10.0 Å². The molecule has 0 spiro atoms. The zero-order valence-corrected chi connectivity index (χ0v) is 13.0. The molecule has 0 heterocycles. The topological polar surface area (TPSA) is 49.3 Å². The molecule has 0 fully saturated rings. The van der Waals surface area contributed by atoms with Gasteiger partial charge in [-0.25, -0.2) is 5.48 Å². The van der Waals surface area contributed by atoms with Crippen molar-refractivity contribution in [1.29, 1.82) is 0 Å². The number of halogens is 1. The molecule has 0 aliphatic heterocycles. The third-order valence-corrected chi connectivity index (χ3v) is 3.73. The van der Waals surface area contributed by atoms with E-state index in [9.17, 15) is 4.79 Å². The molecule has 0 radical (unpaired) electrons. The molecule has 1 amide bonds. The van der Waals surface area contributed by atoms with Crippen molar-refractivity contribution in [3.05, 3.63) is 58.6 Å². The first-order valence-corrected chi connectivity index (χ1v) is 7.05. The average molecular weight is 304 g/mol. The van der Waals surface area contributed by atoms with Gasteiger partial charge >= 0.3 is 0 Å². The average Bonchev–Trinajstić information content (AvgIpc) is 2.46. The van der Waals surface area contributed by atoms with Crippen LogP contribution in [-0.4, -0.2) is 11.1 Å². The Bertz CT molecular complexity index is 657. The molecule has 0 unspecified atom stereocenters. The molecule has 0 aliphatic rings. The lowest BCUT2D eigenvalue weighted by Gasteiger charge is -2.19. The quantitative estimate of drug-likeness (QED) is 0.637. The highest BCUT2D eigenvalue weighted by Crippen LogP contribution is 2.28. The van der Waals surface area contributed by atoms with Gasteiger partial charge in [-0.1, -0.05) is 62.7 Å². The number of carbonyl (C=O) groups is 1. The third-order valence-electron chi connectivity index (χ3n) is 3.40. The highest BCUT2D eigenvalue weighted by molar-refractivity contribution is 6.33. The molecule has 0 aliphatic carbocycles. The number of hydroxylamine groups is 1. The van der Waals surface area contributed by atoms with Crippen molar-refractivity contribution >= 4 is 17.5 Å². The monoisotopic (exact) mass is 303 g/mol. The van der Waals surface area contributed by atoms with E-state index in [1.807, 2.05) is 18.2 Å². The van der Waals surface area contributed by atoms with Gasteiger partial charge in [-0.15, -0.1) is 0 Å². The van der Waals surface area contributed by atoms with Gasteiger partial charge in [0.05, 0.1) is 10.6 Å². The Balaban J connectivity index is 2.41. The minimum Gasteiger partial charge on any atom is -0.288 e. The van der Waals surface area contributed by atoms with Crippen LogP contribution in [0.25, 0.3) is 11.1 Å². The zero-order chi connectivity index (χ0) is 15.6. The zero-order valence-electron chi connectivity index (χ0n) is 12.3. The SMILES string of the molecule is CC(C)(C)c1ccc(-c2ccc(Cl)c(C(=O)NO)c2)cc1. The summed E-state index contributed by atoms with van der Waals surface area (Å²) in [7, 11) is 0. The van der Waals surface area contributed by atoms with Crippen molar-refractivity contribution in [2.45, 2.75) is 26.2 Å². The molecule has 0 atom stereocenters. The molecule has 4 heteroatoms. The van der Waals surface area contributed by atoms with E-state index in [1.54, 1.807) is 17.6 Å². The number of carbonyl (C=O) groups excluding carboxylic acids is 1. The Morgan fingerprint density at radius 1 is 1.05 bits per heavy atom. The molecule has 3 nitrogen and oxygen atoms in total. The van der Waals surface area contributed by atoms with Crippen LogP contribution in [0.3, 0.4) is 0 Å². The lowest BCUT2D eigenvalue weighted by molar-refractivity contribution is 0.0706. The predicted molar refractivity (Wildman–Crippen MR) is 84.8 cm³/mol. The number of hydrogen-bond donors (Lipinski definition) is 2. The van der Waals surface area contributed by atoms with Gasteiger partial charge in [-0.2, -0.15) is 0 Å². The second-order valence-corrected chi connectivity index (χ2v) is 6.37. The van der Waals surface area contributed by atoms with Gasteiger partial charge in [0.1, 0.15) is 0 Å². The van der Waals surface area contributed by atoms with Crippen LogP contribution < -0.4 is 5.48 Å². The highest BCUT2D eigenvalue weighted by atomic mass is 35.5. The maximum absolute atomic E-state index is 11.6. The van der Waals surface area contributed by atoms with Crippen molar-refractivity contribution in [3.63, 3.8) is 0 Å². The summed E-state index contributed by atoms with van der Waals surface area (Å²) < 4.78 is 0. The van der Waals surface area contributed by atoms with Crippen LogP contribution in [0.15, 0.2) is 42.5 Å². The molecule has 0 saturated carbocycles. The Kier molecular flexibility index (Phi) is 4.35. The van der Waals surface area contributed by atoms with Gasteiger partial charge < -0.3 is 0 Å². The minimum absolute atomic E-state index is 0.0977. The van der Waals surface area contributed by atoms with Gasteiger partial charge in [0, 0.05) is 0 Å². The molecule has 2 aromatic carbocycles. The van der Waals surface area contributed by atoms with Crippen molar-refractivity contribution in [2.24, 2.45) is 0 Å². The maximum Gasteiger partial charge on any atom is 0.276 e. The van der Waals surface area contributed by atoms with Gasteiger partial charge in [0.15, 0.2) is 0 Å². The normalized spacial score (nSPS) is 11.3. The summed E-state index contributed by atoms with van der Waals surface area (Å²) in [5, 5.41) is 9.04. The van der Waals surface area contributed by atoms with E-state index in [4.69, 9.17) is 16.8 Å². The van der Waals surface area contributed by atoms with Crippen molar-refractivity contribution in [3.8, 4) is 11.1 Å². The Hall–Kier alpha value is -1.84. The summed E-state index contributed by atoms with van der Waals surface area (Å²) in [6, 6.07) is 13.4. The molecule has 0 saturated heterocycles. The number of amides is 1. The van der Waals surface area contributed by atoms with E-state index in [1.165, 1.54) is 5.56 Å². The fourth-order valence-electron chi connectivity index (χ4n) is 2.10. The Labute approximate surface area is 129 Å². The Morgan fingerprint density at radius 2 is 1.62 bits per heavy atom. The molecular formula is C17H18ClNO2. The summed E-state index contributed by atoms with van der Waals surface area (Å²) in [6.07, 6.45) is 0. The van der Waals surface area contributed by atoms with Gasteiger partial charge in [-0.3, -0.25) is 10.0 Å². The first-order chi connectivity index (χ1) is 9.82. The van der Waals surface area contributed by atoms with Crippen LogP contribution in [0.1, 0.15) is 36.7 Å². The molecule has 2 rings (SSSR count). The summed E-state index contributed by atoms with van der Waals surface area (Å²) in [6.45, 7) is 6.48. The van der Waals surface area contributed by atoms with Crippen LogP contribution in [-0.2, 0) is 5.41 Å². The second kappa shape index (κ2) is 5.88. The van der Waals surface area contributed by atoms with E-state index in [0.29, 0.717) is 5.02 Å². The Morgan fingerprint density at radius 3 is 2.14 bits per heavy atom. The summed E-state index contributed by atoms with van der Waals surface area (Å²) >= 11 is 5.97. The van der Waals surface area contributed by atoms with E-state index in [-0.39, 0.29) is 11.0 Å². The van der Waals surface area contributed by atoms with Gasteiger partial charge in [-0.05, 0) is 34.2 Å². The van der Waals surface area contributed by atoms with Crippen LogP contribution in [0.2, 0.25) is 5.02 Å². The molecule has 2 aromatic rings. The van der Waals surface area contributed by atoms with Gasteiger partial charge in [0.25, 0.3) is 5.91 Å². The second-order valence-electron chi connectivity index (χ2n) is 5.96. The number of nitrogens with one attached hydrogen (secondary N) is 1. The fourth-order valence-corrected chi connectivity index (χ4v) is 2.31. The summed E-state index contributed by atoms with van der Waals surface area (Å²) in [5.41, 5.74) is 5.06. The predicted octanol–water partition coefficient (Wildman–Crippen LogP) is 4.42. The van der Waals surface area contributed by atoms with Crippen molar-refractivity contribution in [1.82, 2.24) is 5.48 Å². The first-order valence-electron chi connectivity index (χ1n) is 6.68. The van der Waals surface area contributed by atoms with Gasteiger partial charge in [0.2, 0.25) is 0 Å². The largest absolute Gasteiger partial charge is 0.288 e. The minimum atomic E-state index is -0.617. The van der Waals surface area contributed by atoms with E-state index in [2.05, 4.69) is 32.9 Å². The standard InChI is InChI=1S/C17H18ClNO2/c1-17(2,3)13-7-4-11(5-8-13)12-6-9-15(18)14(10-12)16(20)19-21/h4-10,21H,1-3H3,(H,19,20). The van der Waals surface area contributed by atoms with Crippen molar-refractivity contribution in [2.75, 3.05) is 0 Å². The summed E-state index contributed by atoms with van der Waals surface area (Å²) in [5.74, 6) is -0.617. The molecule has 0 aromatic heterocycles. The smallest absolute Gasteiger partial charge is 0.276 e. The number of rotatable bonds is 2. The van der Waals surface area contributed by atoms with Crippen LogP contribution in [0, 0.1) is 0 Å². The lowest BCUT2D eigenvalue weighted by atomic mass is 9.86. The molecule has 2 N–H and O–H groups in total. The van der Waals surface area contributed by atoms with Crippen LogP contribution >= 0.6 is 11.6 Å². The first kappa shape index (κ1) is 15.5. The molecular weight excluding hydrogens is 286 g/mol. The molecule has 0 bridgehead atoms. The lowest BCUT2D eigenvalue weighted by Crippen LogP contribution is -2.19. The van der Waals surface area contributed by atoms with Crippen LogP contribution in [0.5, 0.6) is 0 Å². The van der Waals surface area contributed by atoms with E-state index in [0.717, 1.165) is 11.1 Å². The highest BCUT2D eigenvalue weighted by Gasteiger charge is 2.14. The number of hydrogen-bond acceptors (Lipinski definition) is 2. The fraction of sp³-hybridized carbons (Fsp3) is 0.235. The number of benzene rings is 2. The van der Waals surface area contributed by atoms with Crippen LogP contribution in [0.4, 0.5) is 0 Å². The summed E-state index contributed by atoms with van der Waals surface area (Å²) in [4.78, 5) is 11.6.